The van der Waals surface area contributed by atoms with E-state index in [1.807, 2.05) is 48.5 Å². The maximum atomic E-state index is 12.6. The average Bonchev–Trinajstić information content (AvgIpc) is 3.37. The van der Waals surface area contributed by atoms with E-state index in [-0.39, 0.29) is 18.1 Å². The second kappa shape index (κ2) is 8.33. The van der Waals surface area contributed by atoms with Crippen LogP contribution in [0, 0.1) is 0 Å². The van der Waals surface area contributed by atoms with Crippen molar-refractivity contribution < 1.29 is 9.53 Å². The van der Waals surface area contributed by atoms with Crippen molar-refractivity contribution in [3.05, 3.63) is 59.9 Å². The Morgan fingerprint density at radius 1 is 1.18 bits per heavy atom. The Bertz CT molecular complexity index is 896. The van der Waals surface area contributed by atoms with E-state index in [0.29, 0.717) is 6.42 Å². The number of H-pyrrole nitrogens is 1. The highest BCUT2D eigenvalue weighted by molar-refractivity contribution is 5.76. The van der Waals surface area contributed by atoms with Crippen molar-refractivity contribution in [1.29, 1.82) is 0 Å². The number of ether oxygens (including phenoxy) is 1. The Morgan fingerprint density at radius 2 is 1.93 bits per heavy atom. The number of carbonyl (C=O) groups excluding carboxylic acids is 1. The lowest BCUT2D eigenvalue weighted by Gasteiger charge is -2.19. The Labute approximate surface area is 164 Å². The van der Waals surface area contributed by atoms with Crippen LogP contribution in [0.4, 0.5) is 4.79 Å². The summed E-state index contributed by atoms with van der Waals surface area (Å²) in [5.74, 6) is 1.58. The Kier molecular flexibility index (Phi) is 5.46. The van der Waals surface area contributed by atoms with Gasteiger partial charge >= 0.3 is 6.03 Å². The van der Waals surface area contributed by atoms with Gasteiger partial charge in [-0.1, -0.05) is 37.1 Å². The molecule has 1 heterocycles. The summed E-state index contributed by atoms with van der Waals surface area (Å²) in [6.07, 6.45) is 5.12. The van der Waals surface area contributed by atoms with Crippen LogP contribution < -0.4 is 15.4 Å². The summed E-state index contributed by atoms with van der Waals surface area (Å²) in [5, 5.41) is 6.23. The molecule has 1 fully saturated rings. The van der Waals surface area contributed by atoms with E-state index >= 15 is 0 Å². The lowest BCUT2D eigenvalue weighted by atomic mass is 10.1. The van der Waals surface area contributed by atoms with Gasteiger partial charge in [0.2, 0.25) is 0 Å². The lowest BCUT2D eigenvalue weighted by Crippen LogP contribution is -2.43. The van der Waals surface area contributed by atoms with Crippen molar-refractivity contribution in [3.8, 4) is 5.75 Å². The molecule has 28 heavy (non-hydrogen) atoms. The first kappa shape index (κ1) is 18.3. The van der Waals surface area contributed by atoms with Crippen LogP contribution in [0.1, 0.15) is 43.1 Å². The first-order chi connectivity index (χ1) is 13.7. The summed E-state index contributed by atoms with van der Waals surface area (Å²) in [5.41, 5.74) is 2.97. The molecule has 1 aliphatic carbocycles. The largest absolute Gasteiger partial charge is 0.497 e. The molecule has 2 amide bonds. The van der Waals surface area contributed by atoms with Gasteiger partial charge < -0.3 is 20.4 Å². The van der Waals surface area contributed by atoms with Gasteiger partial charge in [-0.25, -0.2) is 9.78 Å². The summed E-state index contributed by atoms with van der Waals surface area (Å²) in [6, 6.07) is 15.7. The third kappa shape index (κ3) is 4.27. The lowest BCUT2D eigenvalue weighted by molar-refractivity contribution is 0.232. The highest BCUT2D eigenvalue weighted by Gasteiger charge is 2.22. The van der Waals surface area contributed by atoms with Gasteiger partial charge in [0.05, 0.1) is 24.2 Å². The van der Waals surface area contributed by atoms with Gasteiger partial charge in [-0.3, -0.25) is 0 Å². The number of methoxy groups -OCH3 is 1. The van der Waals surface area contributed by atoms with E-state index in [1.54, 1.807) is 7.11 Å². The summed E-state index contributed by atoms with van der Waals surface area (Å²) >= 11 is 0. The molecule has 3 N–H and O–H groups in total. The van der Waals surface area contributed by atoms with E-state index in [4.69, 9.17) is 9.72 Å². The van der Waals surface area contributed by atoms with Crippen molar-refractivity contribution in [2.24, 2.45) is 0 Å². The van der Waals surface area contributed by atoms with Crippen LogP contribution in [0.3, 0.4) is 0 Å². The van der Waals surface area contributed by atoms with Crippen molar-refractivity contribution in [2.45, 2.75) is 44.2 Å². The Hall–Kier alpha value is -3.02. The molecule has 3 aromatic rings. The van der Waals surface area contributed by atoms with Gasteiger partial charge in [-0.2, -0.15) is 0 Å². The molecule has 0 spiro atoms. The van der Waals surface area contributed by atoms with E-state index < -0.39 is 0 Å². The van der Waals surface area contributed by atoms with Gasteiger partial charge in [0.25, 0.3) is 0 Å². The zero-order valence-corrected chi connectivity index (χ0v) is 16.1. The minimum absolute atomic E-state index is 0.133. The minimum Gasteiger partial charge on any atom is -0.497 e. The molecular weight excluding hydrogens is 352 g/mol. The molecule has 1 aromatic heterocycles. The first-order valence-electron chi connectivity index (χ1n) is 9.86. The Morgan fingerprint density at radius 3 is 2.64 bits per heavy atom. The predicted octanol–water partition coefficient (Wildman–Crippen LogP) is 4.10. The minimum atomic E-state index is -0.248. The third-order valence-electron chi connectivity index (χ3n) is 5.33. The molecule has 1 unspecified atom stereocenters. The van der Waals surface area contributed by atoms with Crippen molar-refractivity contribution in [2.75, 3.05) is 7.11 Å². The molecular formula is C22H26N4O2. The number of aromatic amines is 1. The van der Waals surface area contributed by atoms with Gasteiger partial charge in [-0.15, -0.1) is 0 Å². The molecule has 0 aliphatic heterocycles. The number of urea groups is 1. The fraction of sp³-hybridized carbons (Fsp3) is 0.364. The number of benzene rings is 2. The van der Waals surface area contributed by atoms with Crippen LogP contribution in [0.15, 0.2) is 48.5 Å². The summed E-state index contributed by atoms with van der Waals surface area (Å²) in [7, 11) is 1.65. The maximum absolute atomic E-state index is 12.6. The molecule has 4 rings (SSSR count). The second-order valence-electron chi connectivity index (χ2n) is 7.34. The van der Waals surface area contributed by atoms with Crippen LogP contribution in [0.5, 0.6) is 5.75 Å². The summed E-state index contributed by atoms with van der Waals surface area (Å²) in [6.45, 7) is 0. The number of nitrogens with one attached hydrogen (secondary N) is 3. The molecule has 0 radical (unpaired) electrons. The standard InChI is InChI=1S/C22H26N4O2/c1-28-17-12-10-15(11-13-17)14-20(26-22(27)23-16-6-2-3-7-16)21-24-18-8-4-5-9-19(18)25-21/h4-5,8-13,16,20H,2-3,6-7,14H2,1H3,(H,24,25)(H2,23,26,27). The molecule has 6 nitrogen and oxygen atoms in total. The number of amides is 2. The van der Waals surface area contributed by atoms with Crippen LogP contribution in [0.25, 0.3) is 11.0 Å². The van der Waals surface area contributed by atoms with E-state index in [9.17, 15) is 4.79 Å². The van der Waals surface area contributed by atoms with Gasteiger partial charge in [-0.05, 0) is 49.1 Å². The number of imidazole rings is 1. The monoisotopic (exact) mass is 378 g/mol. The fourth-order valence-corrected chi connectivity index (χ4v) is 3.81. The average molecular weight is 378 g/mol. The molecule has 2 aromatic carbocycles. The van der Waals surface area contributed by atoms with Crippen molar-refractivity contribution in [3.63, 3.8) is 0 Å². The number of hydrogen-bond donors (Lipinski definition) is 3. The number of aromatic nitrogens is 2. The summed E-state index contributed by atoms with van der Waals surface area (Å²) in [4.78, 5) is 20.7. The SMILES string of the molecule is COc1ccc(CC(NC(=O)NC2CCCC2)c2nc3ccccc3[nH]2)cc1. The molecule has 1 aliphatic rings. The second-order valence-corrected chi connectivity index (χ2v) is 7.34. The van der Waals surface area contributed by atoms with Crippen molar-refractivity contribution >= 4 is 17.1 Å². The van der Waals surface area contributed by atoms with Crippen molar-refractivity contribution in [1.82, 2.24) is 20.6 Å². The van der Waals surface area contributed by atoms with Crippen LogP contribution in [-0.4, -0.2) is 29.2 Å². The number of nitrogens with zero attached hydrogens (tertiary/aromatic N) is 1. The van der Waals surface area contributed by atoms with Gasteiger partial charge in [0.1, 0.15) is 11.6 Å². The van der Waals surface area contributed by atoms with Crippen LogP contribution in [0.2, 0.25) is 0 Å². The summed E-state index contributed by atoms with van der Waals surface area (Å²) < 4.78 is 5.24. The zero-order chi connectivity index (χ0) is 19.3. The molecule has 1 saturated carbocycles. The number of carbonyl (C=O) groups is 1. The van der Waals surface area contributed by atoms with Gasteiger partial charge in [0, 0.05) is 6.04 Å². The van der Waals surface area contributed by atoms with E-state index in [2.05, 4.69) is 15.6 Å². The highest BCUT2D eigenvalue weighted by atomic mass is 16.5. The number of fused-ring (bicyclic) bond motifs is 1. The van der Waals surface area contributed by atoms with Gasteiger partial charge in [0.15, 0.2) is 0 Å². The maximum Gasteiger partial charge on any atom is 0.315 e. The quantitative estimate of drug-likeness (QED) is 0.604. The highest BCUT2D eigenvalue weighted by Crippen LogP contribution is 2.22. The first-order valence-corrected chi connectivity index (χ1v) is 9.86. The Balaban J connectivity index is 1.54. The fourth-order valence-electron chi connectivity index (χ4n) is 3.81. The normalized spacial score (nSPS) is 15.5. The zero-order valence-electron chi connectivity index (χ0n) is 16.1. The number of hydrogen-bond acceptors (Lipinski definition) is 3. The van der Waals surface area contributed by atoms with Crippen LogP contribution >= 0.6 is 0 Å². The molecule has 0 bridgehead atoms. The van der Waals surface area contributed by atoms with E-state index in [1.165, 1.54) is 12.8 Å². The third-order valence-corrected chi connectivity index (χ3v) is 5.33. The smallest absolute Gasteiger partial charge is 0.315 e. The van der Waals surface area contributed by atoms with Crippen LogP contribution in [-0.2, 0) is 6.42 Å². The topological polar surface area (TPSA) is 79.0 Å². The molecule has 1 atom stereocenters. The molecule has 146 valence electrons. The number of para-hydroxylation sites is 2. The number of rotatable bonds is 6. The molecule has 0 saturated heterocycles. The molecule has 6 heteroatoms. The predicted molar refractivity (Wildman–Crippen MR) is 109 cm³/mol. The van der Waals surface area contributed by atoms with E-state index in [0.717, 1.165) is 41.0 Å².